The second kappa shape index (κ2) is 8.60. The van der Waals surface area contributed by atoms with Crippen LogP contribution in [-0.2, 0) is 0 Å². The van der Waals surface area contributed by atoms with Gasteiger partial charge in [-0.15, -0.1) is 0 Å². The van der Waals surface area contributed by atoms with Crippen molar-refractivity contribution in [1.82, 2.24) is 15.0 Å². The van der Waals surface area contributed by atoms with Crippen LogP contribution in [-0.4, -0.2) is 29.5 Å². The van der Waals surface area contributed by atoms with Crippen molar-refractivity contribution in [3.63, 3.8) is 0 Å². The SMILES string of the molecule is Cc1ccc2c(n1)[se]c1c(-c3cccc(Sc4cccc(-c5ccccc5)n4)n3)cccc12. The standard InChI is InChI=1S/C28H19N3SSe/c1-18-16-17-21-20-10-5-11-22(27(20)33-28(21)29-18)24-13-7-15-26(31-24)32-25-14-6-12-23(30-25)19-8-3-2-4-9-19/h2-17H,1H3. The van der Waals surface area contributed by atoms with Gasteiger partial charge < -0.3 is 0 Å². The van der Waals surface area contributed by atoms with E-state index < -0.39 is 0 Å². The third-order valence-electron chi connectivity index (χ3n) is 5.51. The second-order valence-corrected chi connectivity index (χ2v) is 10.9. The summed E-state index contributed by atoms with van der Waals surface area (Å²) in [6.07, 6.45) is 0. The first kappa shape index (κ1) is 20.4. The maximum absolute atomic E-state index is 5.01. The van der Waals surface area contributed by atoms with Crippen LogP contribution in [0.25, 0.3) is 41.9 Å². The van der Waals surface area contributed by atoms with Crippen molar-refractivity contribution >= 4 is 45.7 Å². The molecular formula is C28H19N3SSe. The van der Waals surface area contributed by atoms with E-state index >= 15 is 0 Å². The van der Waals surface area contributed by atoms with E-state index in [1.165, 1.54) is 25.0 Å². The summed E-state index contributed by atoms with van der Waals surface area (Å²) in [5.41, 5.74) is 5.37. The van der Waals surface area contributed by atoms with Crippen LogP contribution in [0.1, 0.15) is 5.69 Å². The Kier molecular flexibility index (Phi) is 5.31. The van der Waals surface area contributed by atoms with E-state index in [2.05, 4.69) is 73.7 Å². The monoisotopic (exact) mass is 509 g/mol. The molecule has 5 heteroatoms. The molecule has 158 valence electrons. The van der Waals surface area contributed by atoms with Gasteiger partial charge in [-0.2, -0.15) is 0 Å². The molecule has 0 radical (unpaired) electrons. The molecule has 0 spiro atoms. The molecule has 0 saturated carbocycles. The number of rotatable bonds is 4. The number of aromatic nitrogens is 3. The molecule has 0 fully saturated rings. The summed E-state index contributed by atoms with van der Waals surface area (Å²) in [5.74, 6) is 0. The van der Waals surface area contributed by atoms with Crippen LogP contribution in [0.2, 0.25) is 0 Å². The van der Waals surface area contributed by atoms with Gasteiger partial charge in [0.1, 0.15) is 0 Å². The maximum atomic E-state index is 5.01. The van der Waals surface area contributed by atoms with E-state index in [-0.39, 0.29) is 14.5 Å². The molecule has 3 nitrogen and oxygen atoms in total. The zero-order chi connectivity index (χ0) is 22.2. The molecule has 4 aromatic heterocycles. The molecule has 0 aliphatic rings. The number of pyridine rings is 3. The van der Waals surface area contributed by atoms with Gasteiger partial charge in [0.2, 0.25) is 0 Å². The molecule has 6 aromatic rings. The van der Waals surface area contributed by atoms with E-state index in [0.29, 0.717) is 0 Å². The van der Waals surface area contributed by atoms with Gasteiger partial charge in [0.25, 0.3) is 0 Å². The zero-order valence-corrected chi connectivity index (χ0v) is 20.4. The van der Waals surface area contributed by atoms with E-state index in [0.717, 1.165) is 32.7 Å². The zero-order valence-electron chi connectivity index (χ0n) is 17.9. The Morgan fingerprint density at radius 1 is 0.606 bits per heavy atom. The average Bonchev–Trinajstić information content (AvgIpc) is 3.22. The summed E-state index contributed by atoms with van der Waals surface area (Å²) in [4.78, 5) is 14.7. The molecular weight excluding hydrogens is 489 g/mol. The fraction of sp³-hybridized carbons (Fsp3) is 0.0357. The second-order valence-electron chi connectivity index (χ2n) is 7.78. The Morgan fingerprint density at radius 3 is 2.15 bits per heavy atom. The van der Waals surface area contributed by atoms with Crippen molar-refractivity contribution in [3.8, 4) is 22.5 Å². The van der Waals surface area contributed by atoms with Crippen molar-refractivity contribution in [2.75, 3.05) is 0 Å². The minimum absolute atomic E-state index is 0.184. The van der Waals surface area contributed by atoms with Crippen LogP contribution >= 0.6 is 11.8 Å². The average molecular weight is 509 g/mol. The normalized spacial score (nSPS) is 11.3. The third-order valence-corrected chi connectivity index (χ3v) is 8.79. The van der Waals surface area contributed by atoms with Gasteiger partial charge in [-0.1, -0.05) is 6.07 Å². The third kappa shape index (κ3) is 4.00. The summed E-state index contributed by atoms with van der Waals surface area (Å²) in [6, 6.07) is 33.5. The quantitative estimate of drug-likeness (QED) is 0.240. The minimum atomic E-state index is 0.184. The first-order valence-electron chi connectivity index (χ1n) is 10.7. The molecule has 0 bridgehead atoms. The molecule has 0 atom stereocenters. The Balaban J connectivity index is 1.38. The van der Waals surface area contributed by atoms with Crippen LogP contribution in [0.15, 0.2) is 107 Å². The Labute approximate surface area is 202 Å². The van der Waals surface area contributed by atoms with Crippen LogP contribution in [0.3, 0.4) is 0 Å². The van der Waals surface area contributed by atoms with E-state index in [9.17, 15) is 0 Å². The first-order valence-corrected chi connectivity index (χ1v) is 13.2. The van der Waals surface area contributed by atoms with Crippen molar-refractivity contribution in [2.45, 2.75) is 17.0 Å². The van der Waals surface area contributed by atoms with Gasteiger partial charge in [-0.25, -0.2) is 0 Å². The van der Waals surface area contributed by atoms with Crippen LogP contribution in [0, 0.1) is 6.92 Å². The van der Waals surface area contributed by atoms with Gasteiger partial charge in [0.15, 0.2) is 0 Å². The predicted octanol–water partition coefficient (Wildman–Crippen LogP) is 7.03. The molecule has 0 amide bonds. The fourth-order valence-electron chi connectivity index (χ4n) is 3.94. The number of nitrogens with zero attached hydrogens (tertiary/aromatic N) is 3. The first-order chi connectivity index (χ1) is 16.2. The van der Waals surface area contributed by atoms with Crippen LogP contribution in [0.5, 0.6) is 0 Å². The van der Waals surface area contributed by atoms with E-state index in [1.54, 1.807) is 11.8 Å². The van der Waals surface area contributed by atoms with Gasteiger partial charge >= 0.3 is 197 Å². The molecule has 0 N–H and O–H groups in total. The Bertz CT molecular complexity index is 1610. The van der Waals surface area contributed by atoms with Crippen molar-refractivity contribution in [3.05, 3.63) is 103 Å². The Morgan fingerprint density at radius 2 is 1.33 bits per heavy atom. The molecule has 4 heterocycles. The van der Waals surface area contributed by atoms with E-state index in [1.807, 2.05) is 30.3 Å². The predicted molar refractivity (Wildman–Crippen MR) is 138 cm³/mol. The number of benzene rings is 2. The van der Waals surface area contributed by atoms with Gasteiger partial charge in [0.05, 0.1) is 0 Å². The summed E-state index contributed by atoms with van der Waals surface area (Å²) >= 11 is 1.78. The molecule has 2 aromatic carbocycles. The Hall–Kier alpha value is -3.24. The number of fused-ring (bicyclic) bond motifs is 3. The van der Waals surface area contributed by atoms with Gasteiger partial charge in [-0.3, -0.25) is 0 Å². The summed E-state index contributed by atoms with van der Waals surface area (Å²) in [7, 11) is 0. The number of aryl methyl sites for hydroxylation is 1. The van der Waals surface area contributed by atoms with Crippen LogP contribution in [0.4, 0.5) is 0 Å². The number of hydrogen-bond donors (Lipinski definition) is 0. The van der Waals surface area contributed by atoms with Crippen molar-refractivity contribution in [2.24, 2.45) is 0 Å². The summed E-state index contributed by atoms with van der Waals surface area (Å²) < 4.78 is 2.59. The summed E-state index contributed by atoms with van der Waals surface area (Å²) in [5, 5.41) is 4.45. The fourth-order valence-corrected chi connectivity index (χ4v) is 7.34. The van der Waals surface area contributed by atoms with Crippen LogP contribution < -0.4 is 0 Å². The molecule has 0 unspecified atom stereocenters. The van der Waals surface area contributed by atoms with E-state index in [4.69, 9.17) is 15.0 Å². The molecule has 0 saturated heterocycles. The topological polar surface area (TPSA) is 38.7 Å². The van der Waals surface area contributed by atoms with Crippen molar-refractivity contribution < 1.29 is 0 Å². The van der Waals surface area contributed by atoms with Gasteiger partial charge in [0, 0.05) is 0 Å². The van der Waals surface area contributed by atoms with Gasteiger partial charge in [-0.05, 0) is 0 Å². The molecule has 0 aliphatic carbocycles. The molecule has 33 heavy (non-hydrogen) atoms. The molecule has 6 rings (SSSR count). The summed E-state index contributed by atoms with van der Waals surface area (Å²) in [6.45, 7) is 2.06. The molecule has 0 aliphatic heterocycles. The van der Waals surface area contributed by atoms with Crippen molar-refractivity contribution in [1.29, 1.82) is 0 Å². The number of hydrogen-bond acceptors (Lipinski definition) is 4.